The van der Waals surface area contributed by atoms with Gasteiger partial charge in [-0.1, -0.05) is 22.0 Å². The molecule has 0 aromatic heterocycles. The Hall–Kier alpha value is -1.15. The second-order valence-corrected chi connectivity index (χ2v) is 6.40. The van der Waals surface area contributed by atoms with Crippen LogP contribution in [0, 0.1) is 0 Å². The number of nitrogens with zero attached hydrogens (tertiary/aromatic N) is 1. The van der Waals surface area contributed by atoms with Crippen LogP contribution < -0.4 is 16.0 Å². The number of hydrogen-bond donors (Lipinski definition) is 3. The Balaban J connectivity index is 0.00000288. The molecule has 1 aromatic carbocycles. The SMILES string of the molecule is Cl.O=C(CNC(=O)c1cccc(Br)c1)NCCCN1CCNCC1. The molecule has 1 aliphatic heterocycles. The van der Waals surface area contributed by atoms with Gasteiger partial charge in [0.05, 0.1) is 6.54 Å². The molecule has 0 atom stereocenters. The predicted octanol–water partition coefficient (Wildman–Crippen LogP) is 1.01. The number of hydrogen-bond acceptors (Lipinski definition) is 4. The first-order valence-electron chi connectivity index (χ1n) is 7.89. The summed E-state index contributed by atoms with van der Waals surface area (Å²) in [6, 6.07) is 7.07. The quantitative estimate of drug-likeness (QED) is 0.577. The van der Waals surface area contributed by atoms with Crippen molar-refractivity contribution in [2.24, 2.45) is 0 Å². The maximum absolute atomic E-state index is 11.9. The van der Waals surface area contributed by atoms with Gasteiger partial charge in [0, 0.05) is 42.8 Å². The third-order valence-corrected chi connectivity index (χ3v) is 4.17. The van der Waals surface area contributed by atoms with E-state index in [1.54, 1.807) is 18.2 Å². The van der Waals surface area contributed by atoms with Gasteiger partial charge in [-0.3, -0.25) is 9.59 Å². The third-order valence-electron chi connectivity index (χ3n) is 3.68. The highest BCUT2D eigenvalue weighted by molar-refractivity contribution is 9.10. The zero-order valence-electron chi connectivity index (χ0n) is 13.5. The molecule has 1 fully saturated rings. The highest BCUT2D eigenvalue weighted by Gasteiger charge is 2.10. The fraction of sp³-hybridized carbons (Fsp3) is 0.500. The maximum Gasteiger partial charge on any atom is 0.251 e. The Bertz CT molecular complexity index is 539. The molecular weight excluding hydrogens is 396 g/mol. The topological polar surface area (TPSA) is 73.5 Å². The van der Waals surface area contributed by atoms with Gasteiger partial charge in [0.2, 0.25) is 5.91 Å². The molecule has 1 saturated heterocycles. The molecule has 0 radical (unpaired) electrons. The van der Waals surface area contributed by atoms with Crippen LogP contribution >= 0.6 is 28.3 Å². The van der Waals surface area contributed by atoms with E-state index in [0.29, 0.717) is 12.1 Å². The first-order valence-corrected chi connectivity index (χ1v) is 8.68. The minimum atomic E-state index is -0.248. The highest BCUT2D eigenvalue weighted by Crippen LogP contribution is 2.11. The number of amides is 2. The average molecular weight is 420 g/mol. The van der Waals surface area contributed by atoms with Gasteiger partial charge in [-0.25, -0.2) is 0 Å². The van der Waals surface area contributed by atoms with Crippen molar-refractivity contribution < 1.29 is 9.59 Å². The summed E-state index contributed by atoms with van der Waals surface area (Å²) in [7, 11) is 0. The monoisotopic (exact) mass is 418 g/mol. The zero-order chi connectivity index (χ0) is 16.5. The zero-order valence-corrected chi connectivity index (χ0v) is 15.9. The fourth-order valence-corrected chi connectivity index (χ4v) is 2.82. The summed E-state index contributed by atoms with van der Waals surface area (Å²) in [5, 5.41) is 8.77. The average Bonchev–Trinajstić information content (AvgIpc) is 2.57. The summed E-state index contributed by atoms with van der Waals surface area (Å²) in [6.07, 6.45) is 0.922. The van der Waals surface area contributed by atoms with E-state index in [4.69, 9.17) is 0 Å². The van der Waals surface area contributed by atoms with Crippen LogP contribution in [0.1, 0.15) is 16.8 Å². The molecule has 0 bridgehead atoms. The van der Waals surface area contributed by atoms with Gasteiger partial charge in [0.25, 0.3) is 5.91 Å². The van der Waals surface area contributed by atoms with E-state index >= 15 is 0 Å². The standard InChI is InChI=1S/C16H23BrN4O2.ClH/c17-14-4-1-3-13(11-14)16(23)20-12-15(22)19-5-2-8-21-9-6-18-7-10-21;/h1,3-4,11,18H,2,5-10,12H2,(H,19,22)(H,20,23);1H. The van der Waals surface area contributed by atoms with Gasteiger partial charge < -0.3 is 20.9 Å². The van der Waals surface area contributed by atoms with Crippen LogP contribution in [-0.2, 0) is 4.79 Å². The van der Waals surface area contributed by atoms with Crippen molar-refractivity contribution >= 4 is 40.2 Å². The fourth-order valence-electron chi connectivity index (χ4n) is 2.42. The smallest absolute Gasteiger partial charge is 0.251 e. The predicted molar refractivity (Wildman–Crippen MR) is 101 cm³/mol. The van der Waals surface area contributed by atoms with Crippen LogP contribution in [0.3, 0.4) is 0 Å². The molecule has 24 heavy (non-hydrogen) atoms. The Morgan fingerprint density at radius 2 is 1.96 bits per heavy atom. The van der Waals surface area contributed by atoms with Crippen molar-refractivity contribution in [1.82, 2.24) is 20.9 Å². The molecule has 1 heterocycles. The molecule has 134 valence electrons. The lowest BCUT2D eigenvalue weighted by atomic mass is 10.2. The van der Waals surface area contributed by atoms with Crippen LogP contribution in [0.4, 0.5) is 0 Å². The van der Waals surface area contributed by atoms with E-state index in [2.05, 4.69) is 36.8 Å². The van der Waals surface area contributed by atoms with Gasteiger partial charge in [0.1, 0.15) is 0 Å². The van der Waals surface area contributed by atoms with E-state index in [9.17, 15) is 9.59 Å². The van der Waals surface area contributed by atoms with Crippen LogP contribution in [0.5, 0.6) is 0 Å². The molecule has 2 amide bonds. The molecule has 1 aliphatic rings. The number of carbonyl (C=O) groups excluding carboxylic acids is 2. The summed E-state index contributed by atoms with van der Waals surface area (Å²) in [5.74, 6) is -0.407. The number of nitrogens with one attached hydrogen (secondary N) is 3. The van der Waals surface area contributed by atoms with E-state index < -0.39 is 0 Å². The molecule has 6 nitrogen and oxygen atoms in total. The van der Waals surface area contributed by atoms with Crippen molar-refractivity contribution in [3.8, 4) is 0 Å². The summed E-state index contributed by atoms with van der Waals surface area (Å²) < 4.78 is 0.836. The van der Waals surface area contributed by atoms with Gasteiger partial charge in [-0.2, -0.15) is 0 Å². The van der Waals surface area contributed by atoms with E-state index in [-0.39, 0.29) is 30.8 Å². The van der Waals surface area contributed by atoms with Gasteiger partial charge >= 0.3 is 0 Å². The Morgan fingerprint density at radius 3 is 2.67 bits per heavy atom. The van der Waals surface area contributed by atoms with Crippen molar-refractivity contribution in [3.05, 3.63) is 34.3 Å². The van der Waals surface area contributed by atoms with E-state index in [0.717, 1.165) is 43.6 Å². The lowest BCUT2D eigenvalue weighted by Crippen LogP contribution is -2.44. The highest BCUT2D eigenvalue weighted by atomic mass is 79.9. The number of piperazine rings is 1. The molecule has 0 unspecified atom stereocenters. The number of benzene rings is 1. The van der Waals surface area contributed by atoms with Crippen molar-refractivity contribution in [1.29, 1.82) is 0 Å². The van der Waals surface area contributed by atoms with Gasteiger partial charge in [-0.15, -0.1) is 12.4 Å². The van der Waals surface area contributed by atoms with Crippen molar-refractivity contribution in [2.75, 3.05) is 45.8 Å². The minimum Gasteiger partial charge on any atom is -0.355 e. The van der Waals surface area contributed by atoms with Crippen LogP contribution in [-0.4, -0.2) is 62.5 Å². The molecule has 1 aromatic rings. The lowest BCUT2D eigenvalue weighted by Gasteiger charge is -2.27. The Morgan fingerprint density at radius 1 is 1.21 bits per heavy atom. The van der Waals surface area contributed by atoms with Gasteiger partial charge in [0.15, 0.2) is 0 Å². The minimum absolute atomic E-state index is 0. The molecule has 0 aliphatic carbocycles. The van der Waals surface area contributed by atoms with E-state index in [1.165, 1.54) is 0 Å². The molecule has 0 spiro atoms. The maximum atomic E-state index is 11.9. The summed E-state index contributed by atoms with van der Waals surface area (Å²) >= 11 is 3.32. The number of carbonyl (C=O) groups is 2. The Labute approximate surface area is 157 Å². The van der Waals surface area contributed by atoms with E-state index in [1.807, 2.05) is 6.07 Å². The van der Waals surface area contributed by atoms with Gasteiger partial charge in [-0.05, 0) is 31.2 Å². The molecule has 0 saturated carbocycles. The van der Waals surface area contributed by atoms with Crippen LogP contribution in [0.2, 0.25) is 0 Å². The first-order chi connectivity index (χ1) is 11.1. The Kier molecular flexibility index (Phi) is 9.94. The van der Waals surface area contributed by atoms with Crippen molar-refractivity contribution in [2.45, 2.75) is 6.42 Å². The summed E-state index contributed by atoms with van der Waals surface area (Å²) in [4.78, 5) is 26.0. The van der Waals surface area contributed by atoms with Crippen molar-refractivity contribution in [3.63, 3.8) is 0 Å². The van der Waals surface area contributed by atoms with Crippen LogP contribution in [0.25, 0.3) is 0 Å². The number of halogens is 2. The second-order valence-electron chi connectivity index (χ2n) is 5.49. The lowest BCUT2D eigenvalue weighted by molar-refractivity contribution is -0.120. The summed E-state index contributed by atoms with van der Waals surface area (Å²) in [5.41, 5.74) is 0.533. The molecule has 8 heteroatoms. The largest absolute Gasteiger partial charge is 0.355 e. The number of rotatable bonds is 7. The normalized spacial score (nSPS) is 14.5. The second kappa shape index (κ2) is 11.4. The first kappa shape index (κ1) is 20.9. The van der Waals surface area contributed by atoms with Crippen LogP contribution in [0.15, 0.2) is 28.7 Å². The molecule has 2 rings (SSSR count). The molecule has 3 N–H and O–H groups in total. The third kappa shape index (κ3) is 7.61. The molecular formula is C16H24BrClN4O2. The summed E-state index contributed by atoms with van der Waals surface area (Å²) in [6.45, 7) is 5.83.